The number of carbonyl (C=O) groups excluding carboxylic acids is 1. The number of rotatable bonds is 2. The molecule has 0 bridgehead atoms. The Labute approximate surface area is 116 Å². The summed E-state index contributed by atoms with van der Waals surface area (Å²) in [6.45, 7) is 2.00. The van der Waals surface area contributed by atoms with Crippen molar-refractivity contribution in [3.05, 3.63) is 36.0 Å². The van der Waals surface area contributed by atoms with Crippen molar-refractivity contribution in [1.29, 1.82) is 0 Å². The van der Waals surface area contributed by atoms with Crippen molar-refractivity contribution in [3.8, 4) is 5.75 Å². The molecule has 2 heterocycles. The van der Waals surface area contributed by atoms with Gasteiger partial charge in [-0.3, -0.25) is 9.78 Å². The quantitative estimate of drug-likeness (QED) is 0.908. The number of aromatic nitrogens is 1. The lowest BCUT2D eigenvalue weighted by atomic mass is 9.91. The molecule has 5 nitrogen and oxygen atoms in total. The second kappa shape index (κ2) is 4.92. The Morgan fingerprint density at radius 2 is 2.20 bits per heavy atom. The van der Waals surface area contributed by atoms with Gasteiger partial charge in [-0.15, -0.1) is 0 Å². The van der Waals surface area contributed by atoms with Gasteiger partial charge in [0, 0.05) is 29.5 Å². The molecule has 0 radical (unpaired) electrons. The third kappa shape index (κ3) is 2.01. The number of pyridine rings is 1. The molecule has 1 atom stereocenters. The molecule has 1 unspecified atom stereocenters. The number of fused-ring (bicyclic) bond motifs is 1. The van der Waals surface area contributed by atoms with E-state index in [0.717, 1.165) is 27.9 Å². The summed E-state index contributed by atoms with van der Waals surface area (Å²) >= 11 is 0. The molecule has 0 saturated carbocycles. The molecular weight excluding hydrogens is 254 g/mol. The van der Waals surface area contributed by atoms with E-state index in [1.54, 1.807) is 13.3 Å². The standard InChI is InChI=1S/C15H15N3O2/c1-9-8-13(19)17-18-14(9)11-5-6-12(20-2)15-10(11)4-3-7-16-15/h3-7,9H,8H2,1-2H3,(H,17,19). The van der Waals surface area contributed by atoms with E-state index >= 15 is 0 Å². The zero-order valence-corrected chi connectivity index (χ0v) is 11.4. The molecule has 3 rings (SSSR count). The first kappa shape index (κ1) is 12.6. The van der Waals surface area contributed by atoms with E-state index in [9.17, 15) is 4.79 Å². The van der Waals surface area contributed by atoms with Crippen LogP contribution in [0.3, 0.4) is 0 Å². The first-order valence-electron chi connectivity index (χ1n) is 6.49. The van der Waals surface area contributed by atoms with Crippen LogP contribution in [0.1, 0.15) is 18.9 Å². The Balaban J connectivity index is 2.20. The molecule has 1 aromatic carbocycles. The highest BCUT2D eigenvalue weighted by Gasteiger charge is 2.23. The predicted octanol–water partition coefficient (Wildman–Crippen LogP) is 2.10. The summed E-state index contributed by atoms with van der Waals surface area (Å²) in [5.41, 5.74) is 5.22. The van der Waals surface area contributed by atoms with Crippen LogP contribution in [0.2, 0.25) is 0 Å². The third-order valence-electron chi connectivity index (χ3n) is 3.49. The highest BCUT2D eigenvalue weighted by molar-refractivity contribution is 6.14. The zero-order valence-electron chi connectivity index (χ0n) is 11.4. The number of amides is 1. The summed E-state index contributed by atoms with van der Waals surface area (Å²) < 4.78 is 5.34. The number of hydrazone groups is 1. The molecule has 20 heavy (non-hydrogen) atoms. The van der Waals surface area contributed by atoms with Gasteiger partial charge in [0.1, 0.15) is 11.3 Å². The molecule has 0 saturated heterocycles. The van der Waals surface area contributed by atoms with Crippen molar-refractivity contribution in [2.75, 3.05) is 7.11 Å². The highest BCUT2D eigenvalue weighted by Crippen LogP contribution is 2.29. The van der Waals surface area contributed by atoms with Crippen molar-refractivity contribution in [2.24, 2.45) is 11.0 Å². The van der Waals surface area contributed by atoms with Gasteiger partial charge in [0.2, 0.25) is 5.91 Å². The fraction of sp³-hybridized carbons (Fsp3) is 0.267. The Morgan fingerprint density at radius 1 is 1.35 bits per heavy atom. The molecule has 0 spiro atoms. The number of hydrogen-bond acceptors (Lipinski definition) is 4. The van der Waals surface area contributed by atoms with Crippen LogP contribution in [0, 0.1) is 5.92 Å². The average molecular weight is 269 g/mol. The highest BCUT2D eigenvalue weighted by atomic mass is 16.5. The minimum atomic E-state index is -0.0443. The molecule has 0 fully saturated rings. The van der Waals surface area contributed by atoms with Crippen LogP contribution in [-0.4, -0.2) is 23.7 Å². The summed E-state index contributed by atoms with van der Waals surface area (Å²) in [5, 5.41) is 5.20. The fourth-order valence-electron chi connectivity index (χ4n) is 2.51. The van der Waals surface area contributed by atoms with E-state index in [0.29, 0.717) is 6.42 Å². The van der Waals surface area contributed by atoms with Crippen molar-refractivity contribution in [2.45, 2.75) is 13.3 Å². The van der Waals surface area contributed by atoms with Gasteiger partial charge in [0.05, 0.1) is 12.8 Å². The summed E-state index contributed by atoms with van der Waals surface area (Å²) in [6, 6.07) is 7.73. The SMILES string of the molecule is COc1ccc(C2=NNC(=O)CC2C)c2cccnc12. The summed E-state index contributed by atoms with van der Waals surface area (Å²) in [7, 11) is 1.63. The Kier molecular flexibility index (Phi) is 3.10. The molecule has 1 amide bonds. The number of nitrogens with zero attached hydrogens (tertiary/aromatic N) is 2. The number of carbonyl (C=O) groups is 1. The fourth-order valence-corrected chi connectivity index (χ4v) is 2.51. The van der Waals surface area contributed by atoms with Gasteiger partial charge < -0.3 is 4.74 Å². The zero-order chi connectivity index (χ0) is 14.1. The maximum absolute atomic E-state index is 11.4. The van der Waals surface area contributed by atoms with Crippen LogP contribution in [0.5, 0.6) is 5.75 Å². The number of hydrogen-bond donors (Lipinski definition) is 1. The molecule has 2 aromatic rings. The first-order valence-corrected chi connectivity index (χ1v) is 6.49. The second-order valence-electron chi connectivity index (χ2n) is 4.85. The van der Waals surface area contributed by atoms with E-state index in [2.05, 4.69) is 15.5 Å². The van der Waals surface area contributed by atoms with Crippen LogP contribution in [0.25, 0.3) is 10.9 Å². The Morgan fingerprint density at radius 3 is 2.95 bits per heavy atom. The maximum Gasteiger partial charge on any atom is 0.240 e. The van der Waals surface area contributed by atoms with E-state index in [1.807, 2.05) is 31.2 Å². The summed E-state index contributed by atoms with van der Waals surface area (Å²) in [5.74, 6) is 0.773. The normalized spacial score (nSPS) is 18.6. The van der Waals surface area contributed by atoms with E-state index in [-0.39, 0.29) is 11.8 Å². The van der Waals surface area contributed by atoms with Crippen LogP contribution >= 0.6 is 0 Å². The average Bonchev–Trinajstić information content (AvgIpc) is 2.47. The predicted molar refractivity (Wildman–Crippen MR) is 76.8 cm³/mol. The van der Waals surface area contributed by atoms with E-state index in [4.69, 9.17) is 4.74 Å². The lowest BCUT2D eigenvalue weighted by Gasteiger charge is -2.20. The van der Waals surface area contributed by atoms with Gasteiger partial charge in [-0.05, 0) is 18.2 Å². The van der Waals surface area contributed by atoms with Crippen molar-refractivity contribution in [3.63, 3.8) is 0 Å². The summed E-state index contributed by atoms with van der Waals surface area (Å²) in [4.78, 5) is 15.7. The van der Waals surface area contributed by atoms with Crippen LogP contribution in [0.15, 0.2) is 35.6 Å². The largest absolute Gasteiger partial charge is 0.494 e. The molecule has 5 heteroatoms. The number of ether oxygens (including phenoxy) is 1. The van der Waals surface area contributed by atoms with Crippen molar-refractivity contribution >= 4 is 22.5 Å². The van der Waals surface area contributed by atoms with Gasteiger partial charge in [0.25, 0.3) is 0 Å². The van der Waals surface area contributed by atoms with Gasteiger partial charge >= 0.3 is 0 Å². The molecular formula is C15H15N3O2. The molecule has 1 aliphatic rings. The lowest BCUT2D eigenvalue weighted by molar-refractivity contribution is -0.121. The summed E-state index contributed by atoms with van der Waals surface area (Å²) in [6.07, 6.45) is 2.19. The number of benzene rings is 1. The Bertz CT molecular complexity index is 709. The monoisotopic (exact) mass is 269 g/mol. The first-order chi connectivity index (χ1) is 9.70. The number of methoxy groups -OCH3 is 1. The van der Waals surface area contributed by atoms with Crippen molar-refractivity contribution < 1.29 is 9.53 Å². The minimum absolute atomic E-state index is 0.0443. The number of nitrogens with one attached hydrogen (secondary N) is 1. The lowest BCUT2D eigenvalue weighted by Crippen LogP contribution is -2.32. The van der Waals surface area contributed by atoms with Gasteiger partial charge in [-0.25, -0.2) is 5.43 Å². The second-order valence-corrected chi connectivity index (χ2v) is 4.85. The van der Waals surface area contributed by atoms with Gasteiger partial charge in [0.15, 0.2) is 0 Å². The molecule has 1 N–H and O–H groups in total. The smallest absolute Gasteiger partial charge is 0.240 e. The Hall–Kier alpha value is -2.43. The van der Waals surface area contributed by atoms with Gasteiger partial charge in [-0.2, -0.15) is 5.10 Å². The molecule has 102 valence electrons. The topological polar surface area (TPSA) is 63.6 Å². The van der Waals surface area contributed by atoms with Crippen LogP contribution < -0.4 is 10.2 Å². The van der Waals surface area contributed by atoms with E-state index in [1.165, 1.54) is 0 Å². The van der Waals surface area contributed by atoms with Crippen LogP contribution in [0.4, 0.5) is 0 Å². The van der Waals surface area contributed by atoms with E-state index < -0.39 is 0 Å². The van der Waals surface area contributed by atoms with Crippen molar-refractivity contribution in [1.82, 2.24) is 10.4 Å². The molecule has 1 aromatic heterocycles. The third-order valence-corrected chi connectivity index (χ3v) is 3.49. The molecule has 1 aliphatic heterocycles. The molecule has 0 aliphatic carbocycles. The minimum Gasteiger partial charge on any atom is -0.494 e. The van der Waals surface area contributed by atoms with Gasteiger partial charge in [-0.1, -0.05) is 13.0 Å². The van der Waals surface area contributed by atoms with Crippen LogP contribution in [-0.2, 0) is 4.79 Å². The maximum atomic E-state index is 11.4.